The van der Waals surface area contributed by atoms with Crippen LogP contribution in [0, 0.1) is 18.3 Å². The van der Waals surface area contributed by atoms with Crippen LogP contribution in [0.2, 0.25) is 0 Å². The molecule has 0 aliphatic rings. The zero-order valence-electron chi connectivity index (χ0n) is 10.1. The summed E-state index contributed by atoms with van der Waals surface area (Å²) in [5.74, 6) is -1.73. The van der Waals surface area contributed by atoms with Crippen molar-refractivity contribution in [3.05, 3.63) is 35.4 Å². The number of rotatable bonds is 5. The third-order valence-electron chi connectivity index (χ3n) is 2.21. The van der Waals surface area contributed by atoms with E-state index in [2.05, 4.69) is 4.72 Å². The normalized spacial score (nSPS) is 11.2. The van der Waals surface area contributed by atoms with Gasteiger partial charge in [-0.05, 0) is 36.3 Å². The lowest BCUT2D eigenvalue weighted by Crippen LogP contribution is -2.15. The molecule has 0 fully saturated rings. The summed E-state index contributed by atoms with van der Waals surface area (Å²) in [6, 6.07) is 6.26. The second kappa shape index (κ2) is 6.02. The molecule has 2 N–H and O–H groups in total. The fourth-order valence-electron chi connectivity index (χ4n) is 1.35. The number of aryl methyl sites for hydroxylation is 1. The lowest BCUT2D eigenvalue weighted by atomic mass is 10.1. The molecule has 19 heavy (non-hydrogen) atoms. The SMILES string of the molecule is Cc1ccc(NS(=O)(=O)CC#N)cc1C=CC(=O)O. The smallest absolute Gasteiger partial charge is 0.328 e. The number of benzene rings is 1. The van der Waals surface area contributed by atoms with Crippen LogP contribution in [-0.4, -0.2) is 25.2 Å². The zero-order valence-corrected chi connectivity index (χ0v) is 10.9. The van der Waals surface area contributed by atoms with E-state index in [1.165, 1.54) is 12.1 Å². The Morgan fingerprint density at radius 3 is 2.79 bits per heavy atom. The van der Waals surface area contributed by atoms with Gasteiger partial charge in [-0.15, -0.1) is 0 Å². The monoisotopic (exact) mass is 280 g/mol. The highest BCUT2D eigenvalue weighted by molar-refractivity contribution is 7.92. The van der Waals surface area contributed by atoms with E-state index >= 15 is 0 Å². The summed E-state index contributed by atoms with van der Waals surface area (Å²) in [5, 5.41) is 16.9. The topological polar surface area (TPSA) is 107 Å². The summed E-state index contributed by atoms with van der Waals surface area (Å²) in [6.45, 7) is 1.77. The maximum absolute atomic E-state index is 11.4. The molecule has 1 aromatic carbocycles. The quantitative estimate of drug-likeness (QED) is 0.792. The molecule has 0 heterocycles. The van der Waals surface area contributed by atoms with Crippen molar-refractivity contribution in [3.8, 4) is 6.07 Å². The van der Waals surface area contributed by atoms with E-state index in [9.17, 15) is 13.2 Å². The van der Waals surface area contributed by atoms with Crippen molar-refractivity contribution in [1.29, 1.82) is 5.26 Å². The average molecular weight is 280 g/mol. The molecule has 0 bridgehead atoms. The van der Waals surface area contributed by atoms with Crippen LogP contribution in [0.5, 0.6) is 0 Å². The van der Waals surface area contributed by atoms with Crippen LogP contribution in [0.1, 0.15) is 11.1 Å². The first kappa shape index (κ1) is 14.7. The second-order valence-corrected chi connectivity index (χ2v) is 5.48. The van der Waals surface area contributed by atoms with E-state index in [0.717, 1.165) is 11.6 Å². The van der Waals surface area contributed by atoms with Crippen molar-refractivity contribution < 1.29 is 18.3 Å². The van der Waals surface area contributed by atoms with Crippen molar-refractivity contribution in [2.24, 2.45) is 0 Å². The van der Waals surface area contributed by atoms with Gasteiger partial charge >= 0.3 is 5.97 Å². The molecule has 1 aromatic rings. The van der Waals surface area contributed by atoms with Crippen molar-refractivity contribution in [3.63, 3.8) is 0 Å². The van der Waals surface area contributed by atoms with Crippen molar-refractivity contribution >= 4 is 27.8 Å². The summed E-state index contributed by atoms with van der Waals surface area (Å²) in [5.41, 5.74) is 1.67. The summed E-state index contributed by atoms with van der Waals surface area (Å²) in [7, 11) is -3.70. The first-order chi connectivity index (χ1) is 8.84. The number of carboxylic acids is 1. The molecule has 0 aliphatic heterocycles. The van der Waals surface area contributed by atoms with Crippen LogP contribution in [0.15, 0.2) is 24.3 Å². The molecule has 6 nitrogen and oxygen atoms in total. The lowest BCUT2D eigenvalue weighted by molar-refractivity contribution is -0.131. The Morgan fingerprint density at radius 2 is 2.21 bits per heavy atom. The Balaban J connectivity index is 3.04. The summed E-state index contributed by atoms with van der Waals surface area (Å²) in [6.07, 6.45) is 2.34. The van der Waals surface area contributed by atoms with Crippen LogP contribution in [0.4, 0.5) is 5.69 Å². The van der Waals surface area contributed by atoms with Gasteiger partial charge in [0.2, 0.25) is 10.0 Å². The number of anilines is 1. The first-order valence-electron chi connectivity index (χ1n) is 5.23. The van der Waals surface area contributed by atoms with E-state index in [-0.39, 0.29) is 5.69 Å². The molecule has 0 spiro atoms. The summed E-state index contributed by atoms with van der Waals surface area (Å²) >= 11 is 0. The van der Waals surface area contributed by atoms with Crippen molar-refractivity contribution in [2.45, 2.75) is 6.92 Å². The average Bonchev–Trinajstić information content (AvgIpc) is 2.29. The van der Waals surface area contributed by atoms with Gasteiger partial charge < -0.3 is 5.11 Å². The fourth-order valence-corrected chi connectivity index (χ4v) is 2.07. The zero-order chi connectivity index (χ0) is 14.5. The number of hydrogen-bond donors (Lipinski definition) is 2. The second-order valence-electron chi connectivity index (χ2n) is 3.76. The van der Waals surface area contributed by atoms with Gasteiger partial charge in [0.25, 0.3) is 0 Å². The van der Waals surface area contributed by atoms with E-state index in [4.69, 9.17) is 10.4 Å². The minimum absolute atomic E-state index is 0.283. The van der Waals surface area contributed by atoms with Crippen molar-refractivity contribution in [1.82, 2.24) is 0 Å². The molecular formula is C12H12N2O4S. The maximum Gasteiger partial charge on any atom is 0.328 e. The maximum atomic E-state index is 11.4. The van der Waals surface area contributed by atoms with Crippen LogP contribution in [-0.2, 0) is 14.8 Å². The molecule has 7 heteroatoms. The first-order valence-corrected chi connectivity index (χ1v) is 6.88. The molecule has 0 aliphatic carbocycles. The predicted molar refractivity (Wildman–Crippen MR) is 70.9 cm³/mol. The van der Waals surface area contributed by atoms with Crippen LogP contribution >= 0.6 is 0 Å². The highest BCUT2D eigenvalue weighted by Crippen LogP contribution is 2.17. The Labute approximate surface area is 111 Å². The Kier molecular flexibility index (Phi) is 4.67. The molecule has 1 rings (SSSR count). The lowest BCUT2D eigenvalue weighted by Gasteiger charge is -2.07. The molecule has 0 saturated heterocycles. The molecule has 0 radical (unpaired) electrons. The molecular weight excluding hydrogens is 268 g/mol. The highest BCUT2D eigenvalue weighted by Gasteiger charge is 2.09. The molecule has 0 unspecified atom stereocenters. The minimum Gasteiger partial charge on any atom is -0.478 e. The van der Waals surface area contributed by atoms with E-state index < -0.39 is 21.7 Å². The largest absolute Gasteiger partial charge is 0.478 e. The Hall–Kier alpha value is -2.33. The molecule has 0 aromatic heterocycles. The number of nitrogens with zero attached hydrogens (tertiary/aromatic N) is 1. The van der Waals surface area contributed by atoms with E-state index in [0.29, 0.717) is 5.56 Å². The van der Waals surface area contributed by atoms with Gasteiger partial charge in [-0.25, -0.2) is 13.2 Å². The van der Waals surface area contributed by atoms with Gasteiger partial charge in [0.05, 0.1) is 6.07 Å². The molecule has 100 valence electrons. The number of nitriles is 1. The van der Waals surface area contributed by atoms with Gasteiger partial charge in [0, 0.05) is 11.8 Å². The van der Waals surface area contributed by atoms with Gasteiger partial charge in [-0.1, -0.05) is 6.07 Å². The number of carboxylic acid groups (broad SMARTS) is 1. The van der Waals surface area contributed by atoms with Crippen molar-refractivity contribution in [2.75, 3.05) is 10.5 Å². The Bertz CT molecular complexity index is 657. The van der Waals surface area contributed by atoms with Gasteiger partial charge in [-0.2, -0.15) is 5.26 Å². The number of aliphatic carboxylic acids is 1. The van der Waals surface area contributed by atoms with E-state index in [1.54, 1.807) is 25.1 Å². The van der Waals surface area contributed by atoms with Gasteiger partial charge in [0.1, 0.15) is 0 Å². The third kappa shape index (κ3) is 4.81. The Morgan fingerprint density at radius 1 is 1.53 bits per heavy atom. The van der Waals surface area contributed by atoms with E-state index in [1.807, 2.05) is 0 Å². The van der Waals surface area contributed by atoms with Gasteiger partial charge in [-0.3, -0.25) is 4.72 Å². The summed E-state index contributed by atoms with van der Waals surface area (Å²) < 4.78 is 25.1. The van der Waals surface area contributed by atoms with Crippen LogP contribution < -0.4 is 4.72 Å². The number of nitrogens with one attached hydrogen (secondary N) is 1. The molecule has 0 atom stereocenters. The minimum atomic E-state index is -3.70. The number of sulfonamides is 1. The molecule has 0 saturated carbocycles. The molecule has 0 amide bonds. The third-order valence-corrected chi connectivity index (χ3v) is 3.27. The fraction of sp³-hybridized carbons (Fsp3) is 0.167. The summed E-state index contributed by atoms with van der Waals surface area (Å²) in [4.78, 5) is 10.4. The standard InChI is InChI=1S/C12H12N2O4S/c1-9-2-4-11(14-19(17,18)7-6-13)8-10(9)3-5-12(15)16/h2-5,8,14H,7H2,1H3,(H,15,16). The highest BCUT2D eigenvalue weighted by atomic mass is 32.2. The predicted octanol–water partition coefficient (Wildman–Crippen LogP) is 1.36. The number of carbonyl (C=O) groups is 1. The number of hydrogen-bond acceptors (Lipinski definition) is 4. The van der Waals surface area contributed by atoms with Crippen LogP contribution in [0.25, 0.3) is 6.08 Å². The van der Waals surface area contributed by atoms with Crippen LogP contribution in [0.3, 0.4) is 0 Å². The van der Waals surface area contributed by atoms with Gasteiger partial charge in [0.15, 0.2) is 5.75 Å².